The van der Waals surface area contributed by atoms with Crippen LogP contribution < -0.4 is 0 Å². The molecule has 1 N–H and O–H groups in total. The Balaban J connectivity index is 2.20. The van der Waals surface area contributed by atoms with E-state index in [1.165, 1.54) is 0 Å². The first-order valence-electron chi connectivity index (χ1n) is 6.07. The van der Waals surface area contributed by atoms with Crippen LogP contribution in [0.2, 0.25) is 0 Å². The second kappa shape index (κ2) is 4.07. The molecule has 1 amide bonds. The second-order valence-corrected chi connectivity index (χ2v) is 5.26. The number of amides is 1. The lowest BCUT2D eigenvalue weighted by Gasteiger charge is -2.42. The Labute approximate surface area is 95.6 Å². The van der Waals surface area contributed by atoms with Crippen LogP contribution >= 0.6 is 0 Å². The smallest absolute Gasteiger partial charge is 0.329 e. The fraction of sp³-hybridized carbons (Fsp3) is 0.833. The largest absolute Gasteiger partial charge is 0.479 e. The molecule has 4 heteroatoms. The first-order chi connectivity index (χ1) is 7.60. The van der Waals surface area contributed by atoms with Crippen LogP contribution in [-0.4, -0.2) is 34.0 Å². The molecule has 0 heterocycles. The molecule has 0 aromatic carbocycles. The van der Waals surface area contributed by atoms with Crippen molar-refractivity contribution in [3.63, 3.8) is 0 Å². The highest BCUT2D eigenvalue weighted by Crippen LogP contribution is 2.41. The zero-order valence-electron chi connectivity index (χ0n) is 9.69. The lowest BCUT2D eigenvalue weighted by atomic mass is 9.76. The van der Waals surface area contributed by atoms with E-state index in [4.69, 9.17) is 0 Å². The molecule has 0 radical (unpaired) electrons. The van der Waals surface area contributed by atoms with E-state index in [9.17, 15) is 14.7 Å². The van der Waals surface area contributed by atoms with Crippen molar-refractivity contribution < 1.29 is 14.7 Å². The molecule has 0 bridgehead atoms. The third-order valence-electron chi connectivity index (χ3n) is 4.05. The fourth-order valence-electron chi connectivity index (χ4n) is 2.71. The molecule has 2 rings (SSSR count). The Morgan fingerprint density at radius 1 is 1.31 bits per heavy atom. The van der Waals surface area contributed by atoms with Crippen molar-refractivity contribution in [3.05, 3.63) is 0 Å². The molecular weight excluding hydrogens is 206 g/mol. The molecule has 0 atom stereocenters. The van der Waals surface area contributed by atoms with Gasteiger partial charge in [0.2, 0.25) is 6.41 Å². The quantitative estimate of drug-likeness (QED) is 0.740. The normalized spacial score (nSPS) is 34.4. The lowest BCUT2D eigenvalue weighted by molar-refractivity contribution is -0.159. The van der Waals surface area contributed by atoms with Gasteiger partial charge >= 0.3 is 5.97 Å². The zero-order chi connectivity index (χ0) is 11.8. The van der Waals surface area contributed by atoms with Gasteiger partial charge in [-0.3, -0.25) is 4.79 Å². The maximum Gasteiger partial charge on any atom is 0.329 e. The summed E-state index contributed by atoms with van der Waals surface area (Å²) in [5.74, 6) is -0.237. The number of carbonyl (C=O) groups is 2. The van der Waals surface area contributed by atoms with Crippen LogP contribution in [0.25, 0.3) is 0 Å². The molecule has 2 aliphatic rings. The van der Waals surface area contributed by atoms with Crippen molar-refractivity contribution in [3.8, 4) is 0 Å². The number of carbonyl (C=O) groups excluding carboxylic acids is 1. The lowest BCUT2D eigenvalue weighted by Crippen LogP contribution is -2.56. The summed E-state index contributed by atoms with van der Waals surface area (Å²) in [6.07, 6.45) is 5.71. The number of hydrogen-bond acceptors (Lipinski definition) is 2. The van der Waals surface area contributed by atoms with E-state index in [1.807, 2.05) is 0 Å². The van der Waals surface area contributed by atoms with Crippen molar-refractivity contribution in [2.24, 2.45) is 5.92 Å². The van der Waals surface area contributed by atoms with Crippen LogP contribution in [0, 0.1) is 5.92 Å². The van der Waals surface area contributed by atoms with Crippen LogP contribution in [0.3, 0.4) is 0 Å². The van der Waals surface area contributed by atoms with Gasteiger partial charge in [-0.15, -0.1) is 0 Å². The van der Waals surface area contributed by atoms with E-state index in [0.717, 1.165) is 32.1 Å². The average Bonchev–Trinajstić information content (AvgIpc) is 3.06. The Kier molecular flexibility index (Phi) is 2.91. The van der Waals surface area contributed by atoms with Gasteiger partial charge in [0, 0.05) is 6.04 Å². The van der Waals surface area contributed by atoms with Gasteiger partial charge in [0.05, 0.1) is 0 Å². The minimum atomic E-state index is -0.907. The molecular formula is C12H19NO3. The third-order valence-corrected chi connectivity index (χ3v) is 4.05. The molecule has 0 spiro atoms. The monoisotopic (exact) mass is 225 g/mol. The molecule has 0 aromatic heterocycles. The standard InChI is InChI=1S/C12H19NO3/c1-9-4-6-12(7-5-9,11(15)16)13(8-14)10-2-3-10/h8-10H,2-7H2,1H3,(H,15,16). The number of carboxylic acid groups (broad SMARTS) is 1. The summed E-state index contributed by atoms with van der Waals surface area (Å²) >= 11 is 0. The van der Waals surface area contributed by atoms with E-state index in [1.54, 1.807) is 4.90 Å². The predicted molar refractivity (Wildman–Crippen MR) is 58.9 cm³/mol. The summed E-state index contributed by atoms with van der Waals surface area (Å²) in [6, 6.07) is 0.182. The molecule has 0 aliphatic heterocycles. The minimum absolute atomic E-state index is 0.182. The molecule has 2 aliphatic carbocycles. The van der Waals surface area contributed by atoms with Crippen LogP contribution in [0.15, 0.2) is 0 Å². The maximum atomic E-state index is 11.5. The summed E-state index contributed by atoms with van der Waals surface area (Å²) in [7, 11) is 0. The van der Waals surface area contributed by atoms with Crippen molar-refractivity contribution in [2.75, 3.05) is 0 Å². The fourth-order valence-corrected chi connectivity index (χ4v) is 2.71. The predicted octanol–water partition coefficient (Wildman–Crippen LogP) is 1.64. The molecule has 0 saturated heterocycles. The summed E-state index contributed by atoms with van der Waals surface area (Å²) < 4.78 is 0. The van der Waals surface area contributed by atoms with Crippen molar-refractivity contribution in [2.45, 2.75) is 57.0 Å². The SMILES string of the molecule is CC1CCC(C(=O)O)(N(C=O)C2CC2)CC1. The highest BCUT2D eigenvalue weighted by atomic mass is 16.4. The highest BCUT2D eigenvalue weighted by molar-refractivity contribution is 5.82. The average molecular weight is 225 g/mol. The van der Waals surface area contributed by atoms with Gasteiger partial charge < -0.3 is 10.0 Å². The zero-order valence-corrected chi connectivity index (χ0v) is 9.69. The van der Waals surface area contributed by atoms with Crippen molar-refractivity contribution in [1.29, 1.82) is 0 Å². The molecule has 0 unspecified atom stereocenters. The molecule has 90 valence electrons. The van der Waals surface area contributed by atoms with Crippen LogP contribution in [0.4, 0.5) is 0 Å². The molecule has 4 nitrogen and oxygen atoms in total. The van der Waals surface area contributed by atoms with Crippen molar-refractivity contribution >= 4 is 12.4 Å². The molecule has 16 heavy (non-hydrogen) atoms. The summed E-state index contributed by atoms with van der Waals surface area (Å²) in [5, 5.41) is 9.45. The number of rotatable bonds is 4. The first-order valence-corrected chi connectivity index (χ1v) is 6.07. The Morgan fingerprint density at radius 3 is 2.25 bits per heavy atom. The van der Waals surface area contributed by atoms with Crippen LogP contribution in [0.5, 0.6) is 0 Å². The van der Waals surface area contributed by atoms with Gasteiger partial charge in [0.1, 0.15) is 5.54 Å². The number of nitrogens with zero attached hydrogens (tertiary/aromatic N) is 1. The van der Waals surface area contributed by atoms with Gasteiger partial charge in [-0.2, -0.15) is 0 Å². The Morgan fingerprint density at radius 2 is 1.88 bits per heavy atom. The third kappa shape index (κ3) is 1.81. The van der Waals surface area contributed by atoms with Crippen LogP contribution in [-0.2, 0) is 9.59 Å². The van der Waals surface area contributed by atoms with Crippen LogP contribution in [0.1, 0.15) is 45.4 Å². The highest BCUT2D eigenvalue weighted by Gasteiger charge is 2.50. The topological polar surface area (TPSA) is 57.6 Å². The first kappa shape index (κ1) is 11.4. The van der Waals surface area contributed by atoms with Gasteiger partial charge in [-0.25, -0.2) is 4.79 Å². The van der Waals surface area contributed by atoms with Gasteiger partial charge in [-0.05, 0) is 44.4 Å². The molecule has 2 fully saturated rings. The Hall–Kier alpha value is -1.06. The van der Waals surface area contributed by atoms with E-state index in [-0.39, 0.29) is 6.04 Å². The number of hydrogen-bond donors (Lipinski definition) is 1. The summed E-state index contributed by atoms with van der Waals surface area (Å²) in [4.78, 5) is 24.2. The van der Waals surface area contributed by atoms with Gasteiger partial charge in [0.25, 0.3) is 0 Å². The van der Waals surface area contributed by atoms with Gasteiger partial charge in [-0.1, -0.05) is 6.92 Å². The summed E-state index contributed by atoms with van der Waals surface area (Å²) in [5.41, 5.74) is -0.907. The number of carboxylic acids is 1. The van der Waals surface area contributed by atoms with E-state index >= 15 is 0 Å². The summed E-state index contributed by atoms with van der Waals surface area (Å²) in [6.45, 7) is 2.15. The van der Waals surface area contributed by atoms with E-state index in [2.05, 4.69) is 6.92 Å². The van der Waals surface area contributed by atoms with E-state index in [0.29, 0.717) is 18.8 Å². The maximum absolute atomic E-state index is 11.5. The van der Waals surface area contributed by atoms with Gasteiger partial charge in [0.15, 0.2) is 0 Å². The second-order valence-electron chi connectivity index (χ2n) is 5.26. The molecule has 0 aromatic rings. The number of aliphatic carboxylic acids is 1. The molecule has 2 saturated carbocycles. The minimum Gasteiger partial charge on any atom is -0.479 e. The van der Waals surface area contributed by atoms with E-state index < -0.39 is 11.5 Å². The Bertz CT molecular complexity index is 291. The van der Waals surface area contributed by atoms with Crippen molar-refractivity contribution in [1.82, 2.24) is 4.90 Å².